The second-order valence-corrected chi connectivity index (χ2v) is 9.68. The smallest absolute Gasteiger partial charge is 0.164 e. The monoisotopic (exact) mass is 376 g/mol. The van der Waals surface area contributed by atoms with E-state index in [1.54, 1.807) is 14.2 Å². The van der Waals surface area contributed by atoms with Crippen molar-refractivity contribution < 1.29 is 19.3 Å². The number of methoxy groups -OCH3 is 2. The zero-order chi connectivity index (χ0) is 19.9. The molecule has 2 aliphatic rings. The summed E-state index contributed by atoms with van der Waals surface area (Å²) in [6.45, 7) is 9.68. The molecule has 0 amide bonds. The molecule has 4 atom stereocenters. The lowest BCUT2D eigenvalue weighted by Crippen LogP contribution is -2.59. The molecule has 2 saturated carbocycles. The van der Waals surface area contributed by atoms with Crippen molar-refractivity contribution in [2.75, 3.05) is 20.8 Å². The molecular formula is C23H36O4. The average Bonchev–Trinajstić information content (AvgIpc) is 2.59. The van der Waals surface area contributed by atoms with Crippen LogP contribution in [0.3, 0.4) is 0 Å². The summed E-state index contributed by atoms with van der Waals surface area (Å²) in [4.78, 5) is 0. The van der Waals surface area contributed by atoms with E-state index in [4.69, 9.17) is 14.2 Å². The van der Waals surface area contributed by atoms with Crippen molar-refractivity contribution in [2.24, 2.45) is 22.7 Å². The summed E-state index contributed by atoms with van der Waals surface area (Å²) in [7, 11) is 3.28. The molecule has 27 heavy (non-hydrogen) atoms. The van der Waals surface area contributed by atoms with Gasteiger partial charge >= 0.3 is 0 Å². The number of aliphatic hydroxyl groups is 1. The number of benzene rings is 1. The van der Waals surface area contributed by atoms with Crippen molar-refractivity contribution >= 4 is 0 Å². The van der Waals surface area contributed by atoms with E-state index in [2.05, 4.69) is 20.8 Å². The third-order valence-electron chi connectivity index (χ3n) is 7.54. The predicted molar refractivity (Wildman–Crippen MR) is 108 cm³/mol. The molecule has 1 aromatic carbocycles. The minimum absolute atomic E-state index is 0.0865. The van der Waals surface area contributed by atoms with E-state index < -0.39 is 5.60 Å². The van der Waals surface area contributed by atoms with Crippen LogP contribution in [0.1, 0.15) is 59.8 Å². The van der Waals surface area contributed by atoms with Crippen LogP contribution in [0.5, 0.6) is 17.2 Å². The molecular weight excluding hydrogens is 340 g/mol. The Morgan fingerprint density at radius 2 is 1.74 bits per heavy atom. The number of fused-ring (bicyclic) bond motifs is 1. The van der Waals surface area contributed by atoms with Crippen molar-refractivity contribution in [2.45, 2.75) is 65.4 Å². The first-order valence-electron chi connectivity index (χ1n) is 10.2. The van der Waals surface area contributed by atoms with E-state index in [0.717, 1.165) is 25.0 Å². The topological polar surface area (TPSA) is 47.9 Å². The highest BCUT2D eigenvalue weighted by atomic mass is 16.5. The molecule has 0 heterocycles. The Kier molecular flexibility index (Phi) is 5.42. The lowest BCUT2D eigenvalue weighted by Gasteiger charge is -2.60. The van der Waals surface area contributed by atoms with Gasteiger partial charge in [0.25, 0.3) is 0 Å². The minimum atomic E-state index is -0.710. The molecule has 1 aromatic rings. The summed E-state index contributed by atoms with van der Waals surface area (Å²) in [6.07, 6.45) is 5.59. The average molecular weight is 377 g/mol. The first-order valence-corrected chi connectivity index (χ1v) is 10.2. The highest BCUT2D eigenvalue weighted by molar-refractivity contribution is 5.45. The summed E-state index contributed by atoms with van der Waals surface area (Å²) in [5.41, 5.74) is -0.304. The van der Waals surface area contributed by atoms with Gasteiger partial charge in [-0.25, -0.2) is 0 Å². The van der Waals surface area contributed by atoms with Gasteiger partial charge in [0.15, 0.2) is 11.5 Å². The Bertz CT molecular complexity index is 666. The number of rotatable bonds is 5. The third kappa shape index (κ3) is 3.65. The van der Waals surface area contributed by atoms with Crippen molar-refractivity contribution in [1.82, 2.24) is 0 Å². The second kappa shape index (κ2) is 7.20. The number of ether oxygens (including phenoxy) is 3. The van der Waals surface area contributed by atoms with E-state index in [9.17, 15) is 5.11 Å². The Hall–Kier alpha value is -1.42. The Labute approximate surface area is 164 Å². The summed E-state index contributed by atoms with van der Waals surface area (Å²) in [5.74, 6) is 2.82. The lowest BCUT2D eigenvalue weighted by atomic mass is 9.46. The second-order valence-electron chi connectivity index (χ2n) is 9.68. The summed E-state index contributed by atoms with van der Waals surface area (Å²) < 4.78 is 17.0. The maximum atomic E-state index is 11.3. The first kappa shape index (κ1) is 20.3. The summed E-state index contributed by atoms with van der Waals surface area (Å²) in [5, 5.41) is 11.3. The van der Waals surface area contributed by atoms with Gasteiger partial charge < -0.3 is 19.3 Å². The van der Waals surface area contributed by atoms with E-state index in [1.165, 1.54) is 12.8 Å². The van der Waals surface area contributed by atoms with Crippen molar-refractivity contribution in [1.29, 1.82) is 0 Å². The van der Waals surface area contributed by atoms with Crippen LogP contribution in [0, 0.1) is 22.7 Å². The van der Waals surface area contributed by atoms with Gasteiger partial charge in [-0.3, -0.25) is 0 Å². The van der Waals surface area contributed by atoms with Gasteiger partial charge in [0.2, 0.25) is 0 Å². The fourth-order valence-corrected chi connectivity index (χ4v) is 6.06. The van der Waals surface area contributed by atoms with Crippen molar-refractivity contribution in [3.05, 3.63) is 18.2 Å². The van der Waals surface area contributed by atoms with Crippen LogP contribution < -0.4 is 14.2 Å². The molecule has 0 bridgehead atoms. The number of hydrogen-bond acceptors (Lipinski definition) is 4. The molecule has 0 spiro atoms. The molecule has 4 nitrogen and oxygen atoms in total. The third-order valence-corrected chi connectivity index (χ3v) is 7.54. The van der Waals surface area contributed by atoms with Crippen LogP contribution in [0.15, 0.2) is 18.2 Å². The SMILES string of the molecule is COc1ccc(OC[C@@H]2[C@@]3(C)CCCC(C)(C)[C@@H]3CC[C@@]2(C)O)c(OC)c1. The Morgan fingerprint density at radius 3 is 2.41 bits per heavy atom. The van der Waals surface area contributed by atoms with Crippen LogP contribution in [0.25, 0.3) is 0 Å². The van der Waals surface area contributed by atoms with Crippen LogP contribution in [0.2, 0.25) is 0 Å². The van der Waals surface area contributed by atoms with Crippen LogP contribution in [-0.2, 0) is 0 Å². The van der Waals surface area contributed by atoms with E-state index in [0.29, 0.717) is 29.4 Å². The highest BCUT2D eigenvalue weighted by Crippen LogP contribution is 2.62. The van der Waals surface area contributed by atoms with Crippen LogP contribution in [0.4, 0.5) is 0 Å². The molecule has 0 aliphatic heterocycles. The quantitative estimate of drug-likeness (QED) is 0.779. The van der Waals surface area contributed by atoms with Gasteiger partial charge in [0, 0.05) is 12.0 Å². The minimum Gasteiger partial charge on any atom is -0.497 e. The normalized spacial score (nSPS) is 35.2. The standard InChI is InChI=1S/C23H36O4/c1-21(2)11-7-12-22(3)19(21)10-13-23(4,24)20(22)15-27-17-9-8-16(25-5)14-18(17)26-6/h8-9,14,19-20,24H,7,10-13,15H2,1-6H3/t19-,20+,22-,23+/m0/s1. The zero-order valence-electron chi connectivity index (χ0n) is 17.8. The fraction of sp³-hybridized carbons (Fsp3) is 0.739. The maximum absolute atomic E-state index is 11.3. The van der Waals surface area contributed by atoms with Gasteiger partial charge in [-0.1, -0.05) is 27.2 Å². The summed E-state index contributed by atoms with van der Waals surface area (Å²) >= 11 is 0. The number of hydrogen-bond donors (Lipinski definition) is 1. The summed E-state index contributed by atoms with van der Waals surface area (Å²) in [6, 6.07) is 5.60. The first-order chi connectivity index (χ1) is 12.6. The van der Waals surface area contributed by atoms with Crippen molar-refractivity contribution in [3.63, 3.8) is 0 Å². The molecule has 0 unspecified atom stereocenters. The molecule has 0 radical (unpaired) electrons. The molecule has 0 aromatic heterocycles. The van der Waals surface area contributed by atoms with Gasteiger partial charge in [-0.2, -0.15) is 0 Å². The molecule has 2 aliphatic carbocycles. The van der Waals surface area contributed by atoms with E-state index in [1.807, 2.05) is 25.1 Å². The predicted octanol–water partition coefficient (Wildman–Crippen LogP) is 5.08. The Morgan fingerprint density at radius 1 is 1.00 bits per heavy atom. The molecule has 4 heteroatoms. The van der Waals surface area contributed by atoms with Crippen LogP contribution in [-0.4, -0.2) is 31.5 Å². The van der Waals surface area contributed by atoms with E-state index >= 15 is 0 Å². The van der Waals surface area contributed by atoms with Crippen LogP contribution >= 0.6 is 0 Å². The molecule has 2 fully saturated rings. The van der Waals surface area contributed by atoms with Gasteiger partial charge in [0.05, 0.1) is 26.4 Å². The van der Waals surface area contributed by atoms with E-state index in [-0.39, 0.29) is 11.3 Å². The highest BCUT2D eigenvalue weighted by Gasteiger charge is 2.58. The fourth-order valence-electron chi connectivity index (χ4n) is 6.06. The molecule has 1 N–H and O–H groups in total. The van der Waals surface area contributed by atoms with Crippen molar-refractivity contribution in [3.8, 4) is 17.2 Å². The zero-order valence-corrected chi connectivity index (χ0v) is 17.8. The molecule has 3 rings (SSSR count). The largest absolute Gasteiger partial charge is 0.497 e. The molecule has 0 saturated heterocycles. The lowest BCUT2D eigenvalue weighted by molar-refractivity contribution is -0.176. The molecule has 152 valence electrons. The maximum Gasteiger partial charge on any atom is 0.164 e. The van der Waals surface area contributed by atoms with Gasteiger partial charge in [-0.05, 0) is 61.5 Å². The van der Waals surface area contributed by atoms with Gasteiger partial charge in [-0.15, -0.1) is 0 Å². The Balaban J connectivity index is 1.85. The van der Waals surface area contributed by atoms with Gasteiger partial charge in [0.1, 0.15) is 5.75 Å².